The number of carbonyl (C=O) groups excluding carboxylic acids is 1. The molecule has 3 N–H and O–H groups in total. The predicted molar refractivity (Wildman–Crippen MR) is 57.2 cm³/mol. The predicted octanol–water partition coefficient (Wildman–Crippen LogP) is 1.10. The normalized spacial score (nSPS) is 12.2. The fourth-order valence-electron chi connectivity index (χ4n) is 1.17. The second kappa shape index (κ2) is 8.81. The Balaban J connectivity index is 3.52. The van der Waals surface area contributed by atoms with Crippen LogP contribution in [0.3, 0.4) is 0 Å². The first-order valence-electron chi connectivity index (χ1n) is 5.37. The Kier molecular flexibility index (Phi) is 8.33. The van der Waals surface area contributed by atoms with Crippen molar-refractivity contribution in [3.05, 3.63) is 0 Å². The largest absolute Gasteiger partial charge is 0.396 e. The lowest BCUT2D eigenvalue weighted by Gasteiger charge is -2.14. The van der Waals surface area contributed by atoms with Crippen molar-refractivity contribution >= 4 is 6.03 Å². The van der Waals surface area contributed by atoms with E-state index in [1.807, 2.05) is 6.92 Å². The number of aliphatic hydroxyl groups excluding tert-OH is 1. The zero-order chi connectivity index (χ0) is 10.8. The lowest BCUT2D eigenvalue weighted by Crippen LogP contribution is -2.38. The molecule has 0 aliphatic heterocycles. The average Bonchev–Trinajstić information content (AvgIpc) is 2.21. The van der Waals surface area contributed by atoms with E-state index in [1.165, 1.54) is 0 Å². The van der Waals surface area contributed by atoms with E-state index >= 15 is 0 Å². The summed E-state index contributed by atoms with van der Waals surface area (Å²) in [5.41, 5.74) is 0. The van der Waals surface area contributed by atoms with Crippen LogP contribution in [0.25, 0.3) is 0 Å². The van der Waals surface area contributed by atoms with Gasteiger partial charge in [-0.1, -0.05) is 20.3 Å². The maximum atomic E-state index is 11.1. The molecule has 0 aliphatic carbocycles. The van der Waals surface area contributed by atoms with Crippen molar-refractivity contribution in [2.45, 2.75) is 33.1 Å². The third-order valence-electron chi connectivity index (χ3n) is 2.20. The molecule has 2 amide bonds. The second-order valence-corrected chi connectivity index (χ2v) is 3.42. The highest BCUT2D eigenvalue weighted by Gasteiger charge is 2.06. The van der Waals surface area contributed by atoms with Crippen LogP contribution in [0, 0.1) is 5.92 Å². The maximum Gasteiger partial charge on any atom is 0.314 e. The summed E-state index contributed by atoms with van der Waals surface area (Å²) in [7, 11) is 0. The van der Waals surface area contributed by atoms with Gasteiger partial charge in [0.05, 0.1) is 0 Å². The van der Waals surface area contributed by atoms with Crippen molar-refractivity contribution in [1.82, 2.24) is 10.6 Å². The van der Waals surface area contributed by atoms with E-state index in [-0.39, 0.29) is 12.6 Å². The summed E-state index contributed by atoms with van der Waals surface area (Å²) in [6.07, 6.45) is 2.68. The van der Waals surface area contributed by atoms with Gasteiger partial charge in [0.25, 0.3) is 0 Å². The Bertz CT molecular complexity index is 151. The Morgan fingerprint density at radius 1 is 1.36 bits per heavy atom. The number of carbonyl (C=O) groups is 1. The summed E-state index contributed by atoms with van der Waals surface area (Å²) in [5, 5.41) is 14.3. The van der Waals surface area contributed by atoms with Crippen molar-refractivity contribution in [3.63, 3.8) is 0 Å². The molecule has 0 saturated carbocycles. The molecule has 4 heteroatoms. The van der Waals surface area contributed by atoms with Crippen LogP contribution in [0.1, 0.15) is 33.1 Å². The van der Waals surface area contributed by atoms with E-state index in [2.05, 4.69) is 17.6 Å². The van der Waals surface area contributed by atoms with Crippen LogP contribution in [-0.2, 0) is 0 Å². The number of hydrogen-bond donors (Lipinski definition) is 3. The van der Waals surface area contributed by atoms with E-state index in [1.54, 1.807) is 0 Å². The average molecular weight is 202 g/mol. The van der Waals surface area contributed by atoms with Gasteiger partial charge in [-0.15, -0.1) is 0 Å². The molecule has 0 spiro atoms. The first kappa shape index (κ1) is 13.2. The molecular weight excluding hydrogens is 180 g/mol. The van der Waals surface area contributed by atoms with E-state index < -0.39 is 0 Å². The topological polar surface area (TPSA) is 61.4 Å². The van der Waals surface area contributed by atoms with Crippen LogP contribution in [-0.4, -0.2) is 30.8 Å². The number of hydrogen-bond acceptors (Lipinski definition) is 2. The molecule has 1 atom stereocenters. The number of amides is 2. The monoisotopic (exact) mass is 202 g/mol. The van der Waals surface area contributed by atoms with Gasteiger partial charge in [-0.3, -0.25) is 0 Å². The van der Waals surface area contributed by atoms with Gasteiger partial charge >= 0.3 is 6.03 Å². The molecular formula is C10H22N2O2. The first-order chi connectivity index (χ1) is 6.74. The van der Waals surface area contributed by atoms with Gasteiger partial charge < -0.3 is 15.7 Å². The van der Waals surface area contributed by atoms with Crippen LogP contribution in [0.4, 0.5) is 4.79 Å². The molecule has 0 radical (unpaired) electrons. The van der Waals surface area contributed by atoms with Crippen LogP contribution in [0.2, 0.25) is 0 Å². The zero-order valence-corrected chi connectivity index (χ0v) is 9.18. The summed E-state index contributed by atoms with van der Waals surface area (Å²) >= 11 is 0. The van der Waals surface area contributed by atoms with E-state index in [9.17, 15) is 4.79 Å². The summed E-state index contributed by atoms with van der Waals surface area (Å²) in [5.74, 6) is 0.382. The Morgan fingerprint density at radius 3 is 2.57 bits per heavy atom. The van der Waals surface area contributed by atoms with Crippen LogP contribution >= 0.6 is 0 Å². The summed E-state index contributed by atoms with van der Waals surface area (Å²) < 4.78 is 0. The van der Waals surface area contributed by atoms with Gasteiger partial charge in [0, 0.05) is 19.7 Å². The molecule has 0 aliphatic rings. The SMILES string of the molecule is CCCNC(=O)NCC(CC)CCO. The molecule has 0 bridgehead atoms. The lowest BCUT2D eigenvalue weighted by atomic mass is 10.0. The fourth-order valence-corrected chi connectivity index (χ4v) is 1.17. The Labute approximate surface area is 86.1 Å². The number of urea groups is 1. The standard InChI is InChI=1S/C10H22N2O2/c1-3-6-11-10(14)12-8-9(4-2)5-7-13/h9,13H,3-8H2,1-2H3,(H2,11,12,14). The van der Waals surface area contributed by atoms with Crippen molar-refractivity contribution in [2.24, 2.45) is 5.92 Å². The van der Waals surface area contributed by atoms with E-state index in [4.69, 9.17) is 5.11 Å². The second-order valence-electron chi connectivity index (χ2n) is 3.42. The molecule has 14 heavy (non-hydrogen) atoms. The quantitative estimate of drug-likeness (QED) is 0.579. The van der Waals surface area contributed by atoms with Gasteiger partial charge in [0.1, 0.15) is 0 Å². The highest BCUT2D eigenvalue weighted by atomic mass is 16.3. The highest BCUT2D eigenvalue weighted by Crippen LogP contribution is 2.05. The minimum Gasteiger partial charge on any atom is -0.396 e. The van der Waals surface area contributed by atoms with Gasteiger partial charge in [-0.2, -0.15) is 0 Å². The number of rotatable bonds is 7. The highest BCUT2D eigenvalue weighted by molar-refractivity contribution is 5.73. The minimum absolute atomic E-state index is 0.108. The maximum absolute atomic E-state index is 11.1. The summed E-state index contributed by atoms with van der Waals surface area (Å²) in [4.78, 5) is 11.1. The fraction of sp³-hybridized carbons (Fsp3) is 0.900. The Hall–Kier alpha value is -0.770. The van der Waals surface area contributed by atoms with Crippen LogP contribution in [0.5, 0.6) is 0 Å². The van der Waals surface area contributed by atoms with E-state index in [0.717, 1.165) is 19.3 Å². The van der Waals surface area contributed by atoms with Crippen LogP contribution in [0.15, 0.2) is 0 Å². The molecule has 0 rings (SSSR count). The summed E-state index contributed by atoms with van der Waals surface area (Å²) in [6.45, 7) is 5.62. The van der Waals surface area contributed by atoms with Crippen LogP contribution < -0.4 is 10.6 Å². The molecule has 84 valence electrons. The van der Waals surface area contributed by atoms with Gasteiger partial charge in [-0.25, -0.2) is 4.79 Å². The first-order valence-corrected chi connectivity index (χ1v) is 5.37. The molecule has 1 unspecified atom stereocenters. The van der Waals surface area contributed by atoms with Gasteiger partial charge in [0.2, 0.25) is 0 Å². The molecule has 0 aromatic heterocycles. The molecule has 0 aromatic rings. The van der Waals surface area contributed by atoms with Crippen molar-refractivity contribution in [3.8, 4) is 0 Å². The van der Waals surface area contributed by atoms with Crippen molar-refractivity contribution in [2.75, 3.05) is 19.7 Å². The lowest BCUT2D eigenvalue weighted by molar-refractivity contribution is 0.230. The third kappa shape index (κ3) is 6.71. The molecule has 0 aromatic carbocycles. The van der Waals surface area contributed by atoms with E-state index in [0.29, 0.717) is 19.0 Å². The van der Waals surface area contributed by atoms with Gasteiger partial charge in [0.15, 0.2) is 0 Å². The molecule has 0 heterocycles. The third-order valence-corrected chi connectivity index (χ3v) is 2.20. The smallest absolute Gasteiger partial charge is 0.314 e. The minimum atomic E-state index is -0.108. The molecule has 0 fully saturated rings. The van der Waals surface area contributed by atoms with Gasteiger partial charge in [-0.05, 0) is 18.8 Å². The Morgan fingerprint density at radius 2 is 2.07 bits per heavy atom. The summed E-state index contributed by atoms with van der Waals surface area (Å²) in [6, 6.07) is -0.108. The van der Waals surface area contributed by atoms with Crippen molar-refractivity contribution < 1.29 is 9.90 Å². The number of nitrogens with one attached hydrogen (secondary N) is 2. The zero-order valence-electron chi connectivity index (χ0n) is 9.18. The molecule has 4 nitrogen and oxygen atoms in total. The molecule has 0 saturated heterocycles. The number of aliphatic hydroxyl groups is 1. The van der Waals surface area contributed by atoms with Crippen molar-refractivity contribution in [1.29, 1.82) is 0 Å².